The number of carbonyl (C=O) groups is 1. The zero-order valence-electron chi connectivity index (χ0n) is 9.89. The molecule has 0 N–H and O–H groups in total. The SMILES string of the molecule is O=C(Cc1ccc(Br)cc1F)c1cc(F)c(Cl)cc1F. The minimum absolute atomic E-state index is 0.105. The number of Topliss-reactive ketones (excluding diaryl/α,β-unsaturated/α-hetero) is 1. The van der Waals surface area contributed by atoms with Crippen molar-refractivity contribution in [1.82, 2.24) is 0 Å². The predicted molar refractivity (Wildman–Crippen MR) is 73.5 cm³/mol. The van der Waals surface area contributed by atoms with Crippen LogP contribution in [0.25, 0.3) is 0 Å². The predicted octanol–water partition coefficient (Wildman–Crippen LogP) is 4.95. The van der Waals surface area contributed by atoms with Crippen molar-refractivity contribution in [3.8, 4) is 0 Å². The highest BCUT2D eigenvalue weighted by molar-refractivity contribution is 9.10. The van der Waals surface area contributed by atoms with E-state index in [4.69, 9.17) is 11.6 Å². The summed E-state index contributed by atoms with van der Waals surface area (Å²) in [6.45, 7) is 0. The normalized spacial score (nSPS) is 10.7. The minimum atomic E-state index is -0.932. The van der Waals surface area contributed by atoms with E-state index in [0.717, 1.165) is 12.1 Å². The van der Waals surface area contributed by atoms with Gasteiger partial charge in [-0.15, -0.1) is 0 Å². The average Bonchev–Trinajstić information content (AvgIpc) is 2.37. The van der Waals surface area contributed by atoms with Gasteiger partial charge < -0.3 is 0 Å². The van der Waals surface area contributed by atoms with Crippen molar-refractivity contribution in [3.05, 3.63) is 68.4 Å². The maximum absolute atomic E-state index is 13.6. The molecule has 104 valence electrons. The lowest BCUT2D eigenvalue weighted by Gasteiger charge is -2.06. The fourth-order valence-corrected chi connectivity index (χ4v) is 2.15. The van der Waals surface area contributed by atoms with Crippen LogP contribution in [0.2, 0.25) is 5.02 Å². The summed E-state index contributed by atoms with van der Waals surface area (Å²) in [5.74, 6) is -3.14. The second-order valence-electron chi connectivity index (χ2n) is 4.08. The van der Waals surface area contributed by atoms with E-state index in [1.54, 1.807) is 6.07 Å². The van der Waals surface area contributed by atoms with Crippen molar-refractivity contribution in [1.29, 1.82) is 0 Å². The van der Waals surface area contributed by atoms with Gasteiger partial charge in [0.25, 0.3) is 0 Å². The quantitative estimate of drug-likeness (QED) is 0.557. The van der Waals surface area contributed by atoms with Gasteiger partial charge in [0.15, 0.2) is 5.78 Å². The Morgan fingerprint density at radius 1 is 1.05 bits per heavy atom. The van der Waals surface area contributed by atoms with Gasteiger partial charge in [-0.3, -0.25) is 4.79 Å². The van der Waals surface area contributed by atoms with Gasteiger partial charge in [-0.2, -0.15) is 0 Å². The Balaban J connectivity index is 2.31. The molecule has 2 aromatic rings. The van der Waals surface area contributed by atoms with Crippen LogP contribution >= 0.6 is 27.5 Å². The highest BCUT2D eigenvalue weighted by Crippen LogP contribution is 2.22. The number of benzene rings is 2. The lowest BCUT2D eigenvalue weighted by molar-refractivity contribution is 0.0987. The fourth-order valence-electron chi connectivity index (χ4n) is 1.67. The molecule has 2 aromatic carbocycles. The van der Waals surface area contributed by atoms with E-state index in [0.29, 0.717) is 4.47 Å². The zero-order chi connectivity index (χ0) is 14.9. The van der Waals surface area contributed by atoms with Crippen LogP contribution in [-0.2, 0) is 6.42 Å². The van der Waals surface area contributed by atoms with Crippen LogP contribution in [0.1, 0.15) is 15.9 Å². The molecule has 0 amide bonds. The van der Waals surface area contributed by atoms with Crippen LogP contribution in [0.4, 0.5) is 13.2 Å². The Morgan fingerprint density at radius 2 is 1.75 bits per heavy atom. The molecule has 0 saturated heterocycles. The molecule has 20 heavy (non-hydrogen) atoms. The Kier molecular flexibility index (Phi) is 4.50. The smallest absolute Gasteiger partial charge is 0.170 e. The third kappa shape index (κ3) is 3.22. The summed E-state index contributed by atoms with van der Waals surface area (Å²) in [5.41, 5.74) is -0.345. The molecule has 0 aliphatic heterocycles. The first-order valence-corrected chi connectivity index (χ1v) is 6.67. The van der Waals surface area contributed by atoms with E-state index in [2.05, 4.69) is 15.9 Å². The van der Waals surface area contributed by atoms with E-state index in [9.17, 15) is 18.0 Å². The lowest BCUT2D eigenvalue weighted by Crippen LogP contribution is -2.08. The number of hydrogen-bond donors (Lipinski definition) is 0. The molecule has 0 fully saturated rings. The molecule has 0 unspecified atom stereocenters. The fraction of sp³-hybridized carbons (Fsp3) is 0.0714. The van der Waals surface area contributed by atoms with Crippen LogP contribution in [0.5, 0.6) is 0 Å². The summed E-state index contributed by atoms with van der Waals surface area (Å²) in [4.78, 5) is 11.9. The molecule has 6 heteroatoms. The lowest BCUT2D eigenvalue weighted by atomic mass is 10.0. The van der Waals surface area contributed by atoms with Crippen LogP contribution in [-0.4, -0.2) is 5.78 Å². The zero-order valence-corrected chi connectivity index (χ0v) is 12.2. The molecule has 2 rings (SSSR count). The summed E-state index contributed by atoms with van der Waals surface area (Å²) in [5, 5.41) is -0.408. The summed E-state index contributed by atoms with van der Waals surface area (Å²) in [6.07, 6.45) is -0.364. The minimum Gasteiger partial charge on any atom is -0.294 e. The summed E-state index contributed by atoms with van der Waals surface area (Å²) < 4.78 is 41.0. The Labute approximate surface area is 126 Å². The van der Waals surface area contributed by atoms with Gasteiger partial charge in [0.1, 0.15) is 17.5 Å². The summed E-state index contributed by atoms with van der Waals surface area (Å²) in [6, 6.07) is 5.60. The number of carbonyl (C=O) groups excluding carboxylic acids is 1. The first-order valence-electron chi connectivity index (χ1n) is 5.50. The number of ketones is 1. The van der Waals surface area contributed by atoms with Gasteiger partial charge >= 0.3 is 0 Å². The molecule has 0 aliphatic rings. The third-order valence-corrected chi connectivity index (χ3v) is 3.46. The standard InChI is InChI=1S/C14H7BrClF3O/c15-8-2-1-7(11(17)4-8)3-14(20)9-5-13(19)10(16)6-12(9)18/h1-2,4-6H,3H2. The highest BCUT2D eigenvalue weighted by Gasteiger charge is 2.17. The monoisotopic (exact) mass is 362 g/mol. The molecule has 0 aromatic heterocycles. The van der Waals surface area contributed by atoms with Crippen LogP contribution in [0, 0.1) is 17.5 Å². The van der Waals surface area contributed by atoms with Gasteiger partial charge in [-0.05, 0) is 29.8 Å². The van der Waals surface area contributed by atoms with Crippen molar-refractivity contribution in [2.75, 3.05) is 0 Å². The topological polar surface area (TPSA) is 17.1 Å². The number of hydrogen-bond acceptors (Lipinski definition) is 1. The molecule has 1 nitrogen and oxygen atoms in total. The van der Waals surface area contributed by atoms with Crippen molar-refractivity contribution < 1.29 is 18.0 Å². The van der Waals surface area contributed by atoms with Gasteiger partial charge in [0.2, 0.25) is 0 Å². The van der Waals surface area contributed by atoms with E-state index < -0.39 is 33.8 Å². The van der Waals surface area contributed by atoms with Crippen molar-refractivity contribution in [2.24, 2.45) is 0 Å². The first kappa shape index (κ1) is 15.1. The van der Waals surface area contributed by atoms with Gasteiger partial charge in [0.05, 0.1) is 10.6 Å². The third-order valence-electron chi connectivity index (χ3n) is 2.68. The summed E-state index contributed by atoms with van der Waals surface area (Å²) >= 11 is 8.49. The van der Waals surface area contributed by atoms with E-state index in [1.807, 2.05) is 0 Å². The Morgan fingerprint density at radius 3 is 2.40 bits per heavy atom. The molecular weight excluding hydrogens is 357 g/mol. The molecule has 0 radical (unpaired) electrons. The van der Waals surface area contributed by atoms with E-state index >= 15 is 0 Å². The molecule has 0 bridgehead atoms. The van der Waals surface area contributed by atoms with Crippen LogP contribution in [0.3, 0.4) is 0 Å². The Hall–Kier alpha value is -1.33. The molecule has 0 heterocycles. The first-order chi connectivity index (χ1) is 9.38. The van der Waals surface area contributed by atoms with Crippen molar-refractivity contribution >= 4 is 33.3 Å². The van der Waals surface area contributed by atoms with Gasteiger partial charge in [-0.1, -0.05) is 33.6 Å². The molecular formula is C14H7BrClF3O. The highest BCUT2D eigenvalue weighted by atomic mass is 79.9. The van der Waals surface area contributed by atoms with Crippen LogP contribution in [0.15, 0.2) is 34.8 Å². The van der Waals surface area contributed by atoms with Gasteiger partial charge in [0, 0.05) is 10.9 Å². The summed E-state index contributed by atoms with van der Waals surface area (Å²) in [7, 11) is 0. The second-order valence-corrected chi connectivity index (χ2v) is 5.40. The second kappa shape index (κ2) is 5.97. The molecule has 0 atom stereocenters. The van der Waals surface area contributed by atoms with E-state index in [-0.39, 0.29) is 12.0 Å². The Bertz CT molecular complexity index is 688. The average molecular weight is 364 g/mol. The van der Waals surface area contributed by atoms with Crippen molar-refractivity contribution in [3.63, 3.8) is 0 Å². The number of halogens is 5. The molecule has 0 saturated carbocycles. The van der Waals surface area contributed by atoms with E-state index in [1.165, 1.54) is 12.1 Å². The van der Waals surface area contributed by atoms with Gasteiger partial charge in [-0.25, -0.2) is 13.2 Å². The number of rotatable bonds is 3. The maximum atomic E-state index is 13.6. The maximum Gasteiger partial charge on any atom is 0.170 e. The largest absolute Gasteiger partial charge is 0.294 e. The van der Waals surface area contributed by atoms with Crippen molar-refractivity contribution in [2.45, 2.75) is 6.42 Å². The molecule has 0 spiro atoms. The van der Waals surface area contributed by atoms with Crippen LogP contribution < -0.4 is 0 Å². The molecule has 0 aliphatic carbocycles.